The maximum atomic E-state index is 6.05. The Morgan fingerprint density at radius 1 is 1.50 bits per heavy atom. The molecule has 4 nitrogen and oxygen atoms in total. The third-order valence-electron chi connectivity index (χ3n) is 3.57. The van der Waals surface area contributed by atoms with E-state index < -0.39 is 0 Å². The van der Waals surface area contributed by atoms with Gasteiger partial charge in [-0.25, -0.2) is 4.98 Å². The van der Waals surface area contributed by atoms with Crippen LogP contribution in [-0.2, 0) is 6.54 Å². The van der Waals surface area contributed by atoms with Gasteiger partial charge in [-0.1, -0.05) is 11.8 Å². The molecule has 1 fully saturated rings. The highest BCUT2D eigenvalue weighted by atomic mass is 32.2. The zero-order valence-electron chi connectivity index (χ0n) is 9.59. The van der Waals surface area contributed by atoms with E-state index in [-0.39, 0.29) is 0 Å². The highest BCUT2D eigenvalue weighted by molar-refractivity contribution is 7.99. The average molecular weight is 238 g/mol. The Balaban J connectivity index is 1.84. The molecule has 2 aliphatic rings. The van der Waals surface area contributed by atoms with Crippen LogP contribution >= 0.6 is 11.8 Å². The standard InChI is InChI=1S/C11H18N4S/c1-14-3-2-8(12)6-10(14)9-7-15-4-5-16-11(15)13-9/h7-8,10H,2-6,12H2,1H3. The van der Waals surface area contributed by atoms with Crippen molar-refractivity contribution in [2.75, 3.05) is 19.3 Å². The number of fused-ring (bicyclic) bond motifs is 1. The Morgan fingerprint density at radius 2 is 2.38 bits per heavy atom. The first kappa shape index (κ1) is 10.6. The fraction of sp³-hybridized carbons (Fsp3) is 0.727. The van der Waals surface area contributed by atoms with E-state index in [1.54, 1.807) is 0 Å². The minimum atomic E-state index is 0.338. The molecule has 0 aliphatic carbocycles. The molecule has 2 N–H and O–H groups in total. The lowest BCUT2D eigenvalue weighted by atomic mass is 9.96. The molecule has 2 atom stereocenters. The van der Waals surface area contributed by atoms with Gasteiger partial charge in [-0.05, 0) is 26.4 Å². The van der Waals surface area contributed by atoms with Gasteiger partial charge in [-0.15, -0.1) is 0 Å². The van der Waals surface area contributed by atoms with Gasteiger partial charge < -0.3 is 10.3 Å². The molecule has 16 heavy (non-hydrogen) atoms. The minimum absolute atomic E-state index is 0.338. The smallest absolute Gasteiger partial charge is 0.168 e. The van der Waals surface area contributed by atoms with Gasteiger partial charge in [0, 0.05) is 24.5 Å². The lowest BCUT2D eigenvalue weighted by Crippen LogP contribution is -2.40. The number of nitrogens with zero attached hydrogens (tertiary/aromatic N) is 3. The SMILES string of the molecule is CN1CCC(N)CC1c1cn2c(n1)SCC2. The lowest BCUT2D eigenvalue weighted by Gasteiger charge is -2.34. The molecule has 2 aliphatic heterocycles. The summed E-state index contributed by atoms with van der Waals surface area (Å²) >= 11 is 1.86. The molecule has 1 aromatic heterocycles. The summed E-state index contributed by atoms with van der Waals surface area (Å²) in [5.74, 6) is 1.17. The van der Waals surface area contributed by atoms with Gasteiger partial charge in [0.15, 0.2) is 5.16 Å². The van der Waals surface area contributed by atoms with Gasteiger partial charge in [0.25, 0.3) is 0 Å². The van der Waals surface area contributed by atoms with Crippen molar-refractivity contribution in [3.63, 3.8) is 0 Å². The molecule has 2 unspecified atom stereocenters. The highest BCUT2D eigenvalue weighted by Crippen LogP contribution is 2.32. The molecule has 1 saturated heterocycles. The van der Waals surface area contributed by atoms with Crippen LogP contribution in [0.2, 0.25) is 0 Å². The van der Waals surface area contributed by atoms with E-state index in [2.05, 4.69) is 22.7 Å². The normalized spacial score (nSPS) is 30.6. The minimum Gasteiger partial charge on any atom is -0.328 e. The summed E-state index contributed by atoms with van der Waals surface area (Å²) in [7, 11) is 2.17. The number of piperidine rings is 1. The highest BCUT2D eigenvalue weighted by Gasteiger charge is 2.28. The van der Waals surface area contributed by atoms with Crippen LogP contribution in [0, 0.1) is 0 Å². The fourth-order valence-corrected chi connectivity index (χ4v) is 3.50. The van der Waals surface area contributed by atoms with Crippen LogP contribution in [0.25, 0.3) is 0 Å². The predicted molar refractivity (Wildman–Crippen MR) is 65.5 cm³/mol. The van der Waals surface area contributed by atoms with Crippen LogP contribution in [-0.4, -0.2) is 39.8 Å². The zero-order chi connectivity index (χ0) is 11.1. The van der Waals surface area contributed by atoms with Gasteiger partial charge in [0.1, 0.15) is 0 Å². The van der Waals surface area contributed by atoms with Crippen LogP contribution in [0.15, 0.2) is 11.4 Å². The number of thioether (sulfide) groups is 1. The van der Waals surface area contributed by atoms with Crippen molar-refractivity contribution in [1.29, 1.82) is 0 Å². The molecule has 0 radical (unpaired) electrons. The number of nitrogens with two attached hydrogens (primary N) is 1. The lowest BCUT2D eigenvalue weighted by molar-refractivity contribution is 0.168. The maximum absolute atomic E-state index is 6.05. The zero-order valence-corrected chi connectivity index (χ0v) is 10.4. The second-order valence-electron chi connectivity index (χ2n) is 4.77. The summed E-state index contributed by atoms with van der Waals surface area (Å²) in [6.07, 6.45) is 4.36. The fourth-order valence-electron chi connectivity index (χ4n) is 2.55. The van der Waals surface area contributed by atoms with E-state index in [9.17, 15) is 0 Å². The van der Waals surface area contributed by atoms with Crippen molar-refractivity contribution in [3.8, 4) is 0 Å². The average Bonchev–Trinajstić information content (AvgIpc) is 2.81. The molecule has 5 heteroatoms. The monoisotopic (exact) mass is 238 g/mol. The maximum Gasteiger partial charge on any atom is 0.168 e. The number of aromatic nitrogens is 2. The van der Waals surface area contributed by atoms with Crippen molar-refractivity contribution in [2.45, 2.75) is 36.6 Å². The molecule has 3 heterocycles. The van der Waals surface area contributed by atoms with Gasteiger partial charge in [0.2, 0.25) is 0 Å². The molecule has 0 aromatic carbocycles. The number of hydrogen-bond donors (Lipinski definition) is 1. The van der Waals surface area contributed by atoms with Gasteiger partial charge in [-0.3, -0.25) is 4.90 Å². The van der Waals surface area contributed by atoms with Crippen molar-refractivity contribution in [3.05, 3.63) is 11.9 Å². The molecule has 1 aromatic rings. The van der Waals surface area contributed by atoms with Crippen LogP contribution in [0.3, 0.4) is 0 Å². The summed E-state index contributed by atoms with van der Waals surface area (Å²) in [5.41, 5.74) is 7.26. The summed E-state index contributed by atoms with van der Waals surface area (Å²) in [6, 6.07) is 0.757. The Kier molecular flexibility index (Phi) is 2.69. The summed E-state index contributed by atoms with van der Waals surface area (Å²) < 4.78 is 2.27. The van der Waals surface area contributed by atoms with E-state index in [0.29, 0.717) is 12.1 Å². The van der Waals surface area contributed by atoms with Gasteiger partial charge >= 0.3 is 0 Å². The summed E-state index contributed by atoms with van der Waals surface area (Å²) in [4.78, 5) is 7.11. The number of imidazole rings is 1. The number of aryl methyl sites for hydroxylation is 1. The third kappa shape index (κ3) is 1.77. The van der Waals surface area contributed by atoms with Crippen LogP contribution in [0.1, 0.15) is 24.6 Å². The van der Waals surface area contributed by atoms with E-state index in [0.717, 1.165) is 25.9 Å². The predicted octanol–water partition coefficient (Wildman–Crippen LogP) is 1.08. The van der Waals surface area contributed by atoms with Crippen LogP contribution < -0.4 is 5.73 Å². The molecule has 0 saturated carbocycles. The summed E-state index contributed by atoms with van der Waals surface area (Å²) in [5, 5.41) is 1.18. The second kappa shape index (κ2) is 4.05. The Hall–Kier alpha value is -0.520. The number of rotatable bonds is 1. The molecular formula is C11H18N4S. The van der Waals surface area contributed by atoms with Gasteiger partial charge in [-0.2, -0.15) is 0 Å². The quantitative estimate of drug-likeness (QED) is 0.795. The molecular weight excluding hydrogens is 220 g/mol. The second-order valence-corrected chi connectivity index (χ2v) is 5.83. The molecule has 88 valence electrons. The van der Waals surface area contributed by atoms with Crippen LogP contribution in [0.5, 0.6) is 0 Å². The Bertz CT molecular complexity index is 368. The Labute approximate surface area is 100 Å². The van der Waals surface area contributed by atoms with Crippen molar-refractivity contribution >= 4 is 11.8 Å². The topological polar surface area (TPSA) is 47.1 Å². The van der Waals surface area contributed by atoms with Crippen molar-refractivity contribution in [1.82, 2.24) is 14.5 Å². The Morgan fingerprint density at radius 3 is 3.19 bits per heavy atom. The number of hydrogen-bond acceptors (Lipinski definition) is 4. The van der Waals surface area contributed by atoms with Crippen molar-refractivity contribution < 1.29 is 0 Å². The van der Waals surface area contributed by atoms with E-state index >= 15 is 0 Å². The van der Waals surface area contributed by atoms with Gasteiger partial charge in [0.05, 0.1) is 11.7 Å². The first-order valence-electron chi connectivity index (χ1n) is 5.90. The first-order valence-corrected chi connectivity index (χ1v) is 6.88. The molecule has 3 rings (SSSR count). The van der Waals surface area contributed by atoms with Crippen LogP contribution in [0.4, 0.5) is 0 Å². The van der Waals surface area contributed by atoms with E-state index in [1.165, 1.54) is 16.6 Å². The summed E-state index contributed by atoms with van der Waals surface area (Å²) in [6.45, 7) is 2.19. The van der Waals surface area contributed by atoms with Crippen molar-refractivity contribution in [2.24, 2.45) is 5.73 Å². The number of likely N-dealkylation sites (tertiary alicyclic amines) is 1. The largest absolute Gasteiger partial charge is 0.328 e. The molecule has 0 amide bonds. The first-order chi connectivity index (χ1) is 7.74. The molecule has 0 bridgehead atoms. The van der Waals surface area contributed by atoms with E-state index in [1.807, 2.05) is 11.8 Å². The third-order valence-corrected chi connectivity index (χ3v) is 4.54. The molecule has 0 spiro atoms. The van der Waals surface area contributed by atoms with E-state index in [4.69, 9.17) is 10.7 Å².